The predicted octanol–water partition coefficient (Wildman–Crippen LogP) is 1.74. The first kappa shape index (κ1) is 10.9. The van der Waals surface area contributed by atoms with Gasteiger partial charge in [0.1, 0.15) is 5.02 Å². The first-order chi connectivity index (χ1) is 7.16. The van der Waals surface area contributed by atoms with Crippen molar-refractivity contribution in [1.82, 2.24) is 9.97 Å². The molecule has 4 nitrogen and oxygen atoms in total. The highest BCUT2D eigenvalue weighted by atomic mass is 35.5. The molecule has 1 fully saturated rings. The van der Waals surface area contributed by atoms with E-state index >= 15 is 0 Å². The highest BCUT2D eigenvalue weighted by Crippen LogP contribution is 2.26. The smallest absolute Gasteiger partial charge is 0.224 e. The van der Waals surface area contributed by atoms with Crippen LogP contribution < -0.4 is 4.90 Å². The summed E-state index contributed by atoms with van der Waals surface area (Å²) in [5.41, 5.74) is 0. The van der Waals surface area contributed by atoms with E-state index in [0.717, 1.165) is 19.4 Å². The number of anilines is 1. The molecule has 0 spiro atoms. The Kier molecular flexibility index (Phi) is 3.29. The SMILES string of the molecule is O[C@@H]1CCCN(c2nc(Cl)ncc2Cl)C1. The zero-order valence-electron chi connectivity index (χ0n) is 8.03. The number of β-amino-alcohol motifs (C(OH)–C–C–N with tert-alkyl or cyclic N) is 1. The minimum atomic E-state index is -0.316. The lowest BCUT2D eigenvalue weighted by atomic mass is 10.1. The molecule has 0 aliphatic carbocycles. The van der Waals surface area contributed by atoms with Crippen LogP contribution in [0, 0.1) is 0 Å². The molecule has 1 aliphatic heterocycles. The molecule has 2 rings (SSSR count). The van der Waals surface area contributed by atoms with Crippen LogP contribution in [-0.2, 0) is 0 Å². The number of aliphatic hydroxyl groups excluding tert-OH is 1. The van der Waals surface area contributed by atoms with Gasteiger partial charge in [-0.2, -0.15) is 4.98 Å². The molecule has 0 radical (unpaired) electrons. The fraction of sp³-hybridized carbons (Fsp3) is 0.556. The molecule has 0 bridgehead atoms. The van der Waals surface area contributed by atoms with Crippen LogP contribution in [0.2, 0.25) is 10.3 Å². The second-order valence-electron chi connectivity index (χ2n) is 3.55. The minimum Gasteiger partial charge on any atom is -0.391 e. The fourth-order valence-corrected chi connectivity index (χ4v) is 2.05. The summed E-state index contributed by atoms with van der Waals surface area (Å²) in [6, 6.07) is 0. The molecule has 1 aliphatic rings. The first-order valence-corrected chi connectivity index (χ1v) is 5.53. The van der Waals surface area contributed by atoms with E-state index in [1.54, 1.807) is 0 Å². The average molecular weight is 248 g/mol. The molecule has 0 saturated carbocycles. The monoisotopic (exact) mass is 247 g/mol. The van der Waals surface area contributed by atoms with Gasteiger partial charge in [0.25, 0.3) is 0 Å². The summed E-state index contributed by atoms with van der Waals surface area (Å²) in [6.07, 6.45) is 2.92. The Labute approximate surface area is 97.9 Å². The van der Waals surface area contributed by atoms with Crippen molar-refractivity contribution in [3.63, 3.8) is 0 Å². The predicted molar refractivity (Wildman–Crippen MR) is 59.5 cm³/mol. The molecule has 2 heterocycles. The summed E-state index contributed by atoms with van der Waals surface area (Å²) < 4.78 is 0. The van der Waals surface area contributed by atoms with Crippen LogP contribution in [0.1, 0.15) is 12.8 Å². The van der Waals surface area contributed by atoms with Crippen molar-refractivity contribution in [3.05, 3.63) is 16.5 Å². The van der Waals surface area contributed by atoms with Crippen molar-refractivity contribution in [2.24, 2.45) is 0 Å². The van der Waals surface area contributed by atoms with Gasteiger partial charge in [-0.15, -0.1) is 0 Å². The average Bonchev–Trinajstić information content (AvgIpc) is 2.22. The van der Waals surface area contributed by atoms with Gasteiger partial charge < -0.3 is 10.0 Å². The van der Waals surface area contributed by atoms with Crippen molar-refractivity contribution >= 4 is 29.0 Å². The van der Waals surface area contributed by atoms with Crippen LogP contribution in [-0.4, -0.2) is 34.3 Å². The Bertz CT molecular complexity index is 361. The normalized spacial score (nSPS) is 21.8. The molecular weight excluding hydrogens is 237 g/mol. The van der Waals surface area contributed by atoms with E-state index in [9.17, 15) is 5.11 Å². The third kappa shape index (κ3) is 2.51. The van der Waals surface area contributed by atoms with E-state index in [0.29, 0.717) is 17.4 Å². The maximum atomic E-state index is 9.54. The quantitative estimate of drug-likeness (QED) is 0.769. The van der Waals surface area contributed by atoms with Gasteiger partial charge in [-0.3, -0.25) is 0 Å². The zero-order valence-corrected chi connectivity index (χ0v) is 9.54. The van der Waals surface area contributed by atoms with Crippen molar-refractivity contribution in [1.29, 1.82) is 0 Å². The van der Waals surface area contributed by atoms with Gasteiger partial charge in [-0.05, 0) is 24.4 Å². The van der Waals surface area contributed by atoms with Gasteiger partial charge in [-0.1, -0.05) is 11.6 Å². The van der Waals surface area contributed by atoms with Crippen molar-refractivity contribution in [3.8, 4) is 0 Å². The van der Waals surface area contributed by atoms with E-state index in [2.05, 4.69) is 9.97 Å². The lowest BCUT2D eigenvalue weighted by Gasteiger charge is -2.31. The second kappa shape index (κ2) is 4.51. The summed E-state index contributed by atoms with van der Waals surface area (Å²) in [5, 5.41) is 10.2. The molecule has 0 amide bonds. The number of hydrogen-bond acceptors (Lipinski definition) is 4. The lowest BCUT2D eigenvalue weighted by molar-refractivity contribution is 0.154. The molecular formula is C9H11Cl2N3O. The van der Waals surface area contributed by atoms with Crippen LogP contribution in [0.25, 0.3) is 0 Å². The van der Waals surface area contributed by atoms with Gasteiger partial charge in [0.15, 0.2) is 5.82 Å². The van der Waals surface area contributed by atoms with Crippen molar-refractivity contribution in [2.45, 2.75) is 18.9 Å². The number of rotatable bonds is 1. The third-order valence-corrected chi connectivity index (χ3v) is 2.84. The molecule has 1 saturated heterocycles. The van der Waals surface area contributed by atoms with E-state index in [4.69, 9.17) is 23.2 Å². The Morgan fingerprint density at radius 1 is 1.47 bits per heavy atom. The number of piperidine rings is 1. The topological polar surface area (TPSA) is 49.2 Å². The molecule has 15 heavy (non-hydrogen) atoms. The van der Waals surface area contributed by atoms with Crippen LogP contribution >= 0.6 is 23.2 Å². The van der Waals surface area contributed by atoms with Crippen molar-refractivity contribution in [2.75, 3.05) is 18.0 Å². The highest BCUT2D eigenvalue weighted by molar-refractivity contribution is 6.33. The second-order valence-corrected chi connectivity index (χ2v) is 4.30. The molecule has 1 N–H and O–H groups in total. The molecule has 82 valence electrons. The maximum absolute atomic E-state index is 9.54. The van der Waals surface area contributed by atoms with Crippen LogP contribution in [0.3, 0.4) is 0 Å². The summed E-state index contributed by atoms with van der Waals surface area (Å²) in [7, 11) is 0. The molecule has 0 unspecified atom stereocenters. The third-order valence-electron chi connectivity index (χ3n) is 2.39. The number of aliphatic hydroxyl groups is 1. The Morgan fingerprint density at radius 3 is 3.00 bits per heavy atom. The molecule has 1 aromatic rings. The van der Waals surface area contributed by atoms with Crippen molar-refractivity contribution < 1.29 is 5.11 Å². The van der Waals surface area contributed by atoms with E-state index in [1.807, 2.05) is 4.90 Å². The Hall–Kier alpha value is -0.580. The standard InChI is InChI=1S/C9H11Cl2N3O/c10-7-4-12-9(11)13-8(7)14-3-1-2-6(15)5-14/h4,6,15H,1-3,5H2/t6-/m1/s1. The van der Waals surface area contributed by atoms with E-state index in [-0.39, 0.29) is 11.4 Å². The van der Waals surface area contributed by atoms with Gasteiger partial charge in [0, 0.05) is 13.1 Å². The molecule has 1 atom stereocenters. The minimum absolute atomic E-state index is 0.175. The number of nitrogens with zero attached hydrogens (tertiary/aromatic N) is 3. The highest BCUT2D eigenvalue weighted by Gasteiger charge is 2.21. The van der Waals surface area contributed by atoms with E-state index in [1.165, 1.54) is 6.20 Å². The largest absolute Gasteiger partial charge is 0.391 e. The summed E-state index contributed by atoms with van der Waals surface area (Å²) in [5.74, 6) is 0.607. The van der Waals surface area contributed by atoms with Gasteiger partial charge in [0.05, 0.1) is 12.3 Å². The Balaban J connectivity index is 2.24. The lowest BCUT2D eigenvalue weighted by Crippen LogP contribution is -2.38. The first-order valence-electron chi connectivity index (χ1n) is 4.78. The van der Waals surface area contributed by atoms with Gasteiger partial charge in [-0.25, -0.2) is 4.98 Å². The number of halogens is 2. The van der Waals surface area contributed by atoms with Crippen LogP contribution in [0.15, 0.2) is 6.20 Å². The number of hydrogen-bond donors (Lipinski definition) is 1. The van der Waals surface area contributed by atoms with Gasteiger partial charge >= 0.3 is 0 Å². The number of aromatic nitrogens is 2. The summed E-state index contributed by atoms with van der Waals surface area (Å²) in [6.45, 7) is 1.39. The molecule has 1 aromatic heterocycles. The fourth-order valence-electron chi connectivity index (χ4n) is 1.71. The Morgan fingerprint density at radius 2 is 2.27 bits per heavy atom. The van der Waals surface area contributed by atoms with Crippen LogP contribution in [0.5, 0.6) is 0 Å². The summed E-state index contributed by atoms with van der Waals surface area (Å²) in [4.78, 5) is 9.79. The molecule has 0 aromatic carbocycles. The molecule has 6 heteroatoms. The van der Waals surface area contributed by atoms with Gasteiger partial charge in [0.2, 0.25) is 5.28 Å². The van der Waals surface area contributed by atoms with E-state index < -0.39 is 0 Å². The zero-order chi connectivity index (χ0) is 10.8. The summed E-state index contributed by atoms with van der Waals surface area (Å²) >= 11 is 11.7. The maximum Gasteiger partial charge on any atom is 0.224 e. The van der Waals surface area contributed by atoms with Crippen LogP contribution in [0.4, 0.5) is 5.82 Å².